The van der Waals surface area contributed by atoms with Crippen LogP contribution in [0.25, 0.3) is 6.08 Å². The molecule has 160 valence electrons. The first kappa shape index (κ1) is 22.0. The van der Waals surface area contributed by atoms with E-state index in [4.69, 9.17) is 18.9 Å². The fourth-order valence-electron chi connectivity index (χ4n) is 2.72. The van der Waals surface area contributed by atoms with Gasteiger partial charge in [-0.2, -0.15) is 0 Å². The van der Waals surface area contributed by atoms with Crippen molar-refractivity contribution >= 4 is 45.5 Å². The van der Waals surface area contributed by atoms with Crippen molar-refractivity contribution < 1.29 is 33.5 Å². The summed E-state index contributed by atoms with van der Waals surface area (Å²) in [6.45, 7) is 1.26. The van der Waals surface area contributed by atoms with Crippen molar-refractivity contribution in [2.45, 2.75) is 6.92 Å². The summed E-state index contributed by atoms with van der Waals surface area (Å²) in [6, 6.07) is 7.25. The van der Waals surface area contributed by atoms with E-state index < -0.39 is 16.9 Å². The van der Waals surface area contributed by atoms with Crippen LogP contribution in [-0.2, 0) is 14.3 Å². The number of hydrogen-bond donors (Lipinski definition) is 0. The minimum atomic E-state index is -0.729. The van der Waals surface area contributed by atoms with Gasteiger partial charge < -0.3 is 18.9 Å². The molecule has 0 saturated heterocycles. The lowest BCUT2D eigenvalue weighted by Gasteiger charge is -2.11. The highest BCUT2D eigenvalue weighted by Gasteiger charge is 2.27. The van der Waals surface area contributed by atoms with Crippen molar-refractivity contribution in [2.75, 3.05) is 14.2 Å². The van der Waals surface area contributed by atoms with Crippen LogP contribution in [-0.4, -0.2) is 37.0 Å². The molecule has 3 rings (SSSR count). The van der Waals surface area contributed by atoms with Gasteiger partial charge in [0.25, 0.3) is 0 Å². The van der Waals surface area contributed by atoms with Crippen LogP contribution in [0, 0.1) is 10.1 Å². The molecule has 0 aromatic heterocycles. The highest BCUT2D eigenvalue weighted by atomic mass is 79.9. The fraction of sp³-hybridized carbons (Fsp3) is 0.150. The number of methoxy groups -OCH3 is 2. The van der Waals surface area contributed by atoms with E-state index in [0.29, 0.717) is 10.0 Å². The molecule has 1 aliphatic rings. The van der Waals surface area contributed by atoms with Gasteiger partial charge in [0.1, 0.15) is 0 Å². The van der Waals surface area contributed by atoms with Crippen LogP contribution in [0.4, 0.5) is 5.69 Å². The van der Waals surface area contributed by atoms with Crippen LogP contribution in [0.15, 0.2) is 45.5 Å². The Kier molecular flexibility index (Phi) is 6.35. The largest absolute Gasteiger partial charge is 0.493 e. The number of nitro groups is 1. The molecule has 0 spiro atoms. The molecule has 0 bridgehead atoms. The zero-order valence-electron chi connectivity index (χ0n) is 16.5. The first-order chi connectivity index (χ1) is 14.7. The minimum absolute atomic E-state index is 0.0253. The zero-order valence-corrected chi connectivity index (χ0v) is 18.1. The average molecular weight is 491 g/mol. The van der Waals surface area contributed by atoms with Crippen molar-refractivity contribution in [2.24, 2.45) is 4.99 Å². The molecule has 0 aliphatic carbocycles. The molecule has 10 nitrogen and oxygen atoms in total. The fourth-order valence-corrected chi connectivity index (χ4v) is 3.26. The van der Waals surface area contributed by atoms with E-state index in [1.165, 1.54) is 45.4 Å². The van der Waals surface area contributed by atoms with E-state index in [1.54, 1.807) is 12.1 Å². The van der Waals surface area contributed by atoms with E-state index in [0.717, 1.165) is 0 Å². The van der Waals surface area contributed by atoms with Crippen molar-refractivity contribution in [3.8, 4) is 17.2 Å². The van der Waals surface area contributed by atoms with Gasteiger partial charge in [-0.1, -0.05) is 0 Å². The summed E-state index contributed by atoms with van der Waals surface area (Å²) in [7, 11) is 2.72. The van der Waals surface area contributed by atoms with E-state index >= 15 is 0 Å². The van der Waals surface area contributed by atoms with Gasteiger partial charge in [-0.3, -0.25) is 14.9 Å². The van der Waals surface area contributed by atoms with Crippen LogP contribution in [0.1, 0.15) is 18.1 Å². The summed E-state index contributed by atoms with van der Waals surface area (Å²) in [4.78, 5) is 38.3. The van der Waals surface area contributed by atoms with Gasteiger partial charge in [-0.25, -0.2) is 9.79 Å². The van der Waals surface area contributed by atoms with E-state index in [1.807, 2.05) is 0 Å². The van der Waals surface area contributed by atoms with Gasteiger partial charge in [0.2, 0.25) is 5.90 Å². The van der Waals surface area contributed by atoms with Gasteiger partial charge >= 0.3 is 17.6 Å². The van der Waals surface area contributed by atoms with Crippen molar-refractivity contribution in [3.63, 3.8) is 0 Å². The maximum absolute atomic E-state index is 12.3. The Labute approximate surface area is 184 Å². The third-order valence-corrected chi connectivity index (χ3v) is 4.63. The number of halogens is 1. The summed E-state index contributed by atoms with van der Waals surface area (Å²) in [5, 5.41) is 11.2. The Morgan fingerprint density at radius 2 is 1.90 bits per heavy atom. The minimum Gasteiger partial charge on any atom is -0.493 e. The predicted molar refractivity (Wildman–Crippen MR) is 112 cm³/mol. The summed E-state index contributed by atoms with van der Waals surface area (Å²) in [5.74, 6) is -0.803. The van der Waals surface area contributed by atoms with Crippen LogP contribution in [0.5, 0.6) is 17.2 Å². The summed E-state index contributed by atoms with van der Waals surface area (Å²) >= 11 is 3.30. The molecule has 0 N–H and O–H groups in total. The summed E-state index contributed by atoms with van der Waals surface area (Å²) in [6.07, 6.45) is 1.44. The van der Waals surface area contributed by atoms with Crippen LogP contribution in [0.2, 0.25) is 0 Å². The molecule has 0 saturated carbocycles. The van der Waals surface area contributed by atoms with Gasteiger partial charge in [-0.15, -0.1) is 0 Å². The lowest BCUT2D eigenvalue weighted by Crippen LogP contribution is -2.06. The number of ether oxygens (including phenoxy) is 4. The molecular weight excluding hydrogens is 476 g/mol. The SMILES string of the molecule is COc1ccc(C2=NC(=Cc3cc(Br)c(OC(C)=O)c(OC)c3)C(=O)O2)cc1[N+](=O)[O-]. The number of hydrogen-bond acceptors (Lipinski definition) is 9. The lowest BCUT2D eigenvalue weighted by atomic mass is 10.1. The van der Waals surface area contributed by atoms with Crippen molar-refractivity contribution in [1.82, 2.24) is 0 Å². The Hall–Kier alpha value is -3.73. The van der Waals surface area contributed by atoms with E-state index in [-0.39, 0.29) is 40.1 Å². The Bertz CT molecular complexity index is 1160. The molecule has 0 unspecified atom stereocenters. The summed E-state index contributed by atoms with van der Waals surface area (Å²) < 4.78 is 20.9. The van der Waals surface area contributed by atoms with Crippen LogP contribution < -0.4 is 14.2 Å². The maximum atomic E-state index is 12.3. The molecule has 0 radical (unpaired) electrons. The first-order valence-corrected chi connectivity index (χ1v) is 9.44. The van der Waals surface area contributed by atoms with Gasteiger partial charge in [0.15, 0.2) is 22.9 Å². The standard InChI is InChI=1S/C20H15BrN2O8/c1-10(24)30-18-13(21)6-11(8-17(18)29-3)7-14-20(25)31-19(22-14)12-4-5-16(28-2)15(9-12)23(26)27/h4-9H,1-3H3. The van der Waals surface area contributed by atoms with E-state index in [9.17, 15) is 19.7 Å². The molecule has 2 aromatic carbocycles. The number of esters is 2. The molecule has 31 heavy (non-hydrogen) atoms. The first-order valence-electron chi connectivity index (χ1n) is 8.64. The second-order valence-electron chi connectivity index (χ2n) is 6.11. The Morgan fingerprint density at radius 1 is 1.19 bits per heavy atom. The maximum Gasteiger partial charge on any atom is 0.363 e. The normalized spacial score (nSPS) is 14.1. The van der Waals surface area contributed by atoms with Gasteiger partial charge in [0.05, 0.1) is 23.6 Å². The topological polar surface area (TPSA) is 127 Å². The number of carbonyl (C=O) groups excluding carboxylic acids is 2. The van der Waals surface area contributed by atoms with Crippen LogP contribution in [0.3, 0.4) is 0 Å². The predicted octanol–water partition coefficient (Wildman–Crippen LogP) is 3.64. The average Bonchev–Trinajstić information content (AvgIpc) is 3.09. The van der Waals surface area contributed by atoms with Gasteiger partial charge in [-0.05, 0) is 51.8 Å². The quantitative estimate of drug-likeness (QED) is 0.197. The molecule has 0 fully saturated rings. The number of aliphatic imine (C=N–C) groups is 1. The highest BCUT2D eigenvalue weighted by molar-refractivity contribution is 9.10. The monoisotopic (exact) mass is 490 g/mol. The second-order valence-corrected chi connectivity index (χ2v) is 6.96. The molecule has 2 aromatic rings. The smallest absolute Gasteiger partial charge is 0.363 e. The number of nitrogens with zero attached hydrogens (tertiary/aromatic N) is 2. The Balaban J connectivity index is 1.99. The zero-order chi connectivity index (χ0) is 22.7. The molecule has 0 amide bonds. The third kappa shape index (κ3) is 4.72. The number of benzene rings is 2. The second kappa shape index (κ2) is 8.96. The lowest BCUT2D eigenvalue weighted by molar-refractivity contribution is -0.385. The molecule has 0 atom stereocenters. The molecule has 11 heteroatoms. The van der Waals surface area contributed by atoms with Gasteiger partial charge in [0, 0.05) is 18.6 Å². The Morgan fingerprint density at radius 3 is 2.52 bits per heavy atom. The van der Waals surface area contributed by atoms with Crippen molar-refractivity contribution in [1.29, 1.82) is 0 Å². The number of rotatable bonds is 6. The van der Waals surface area contributed by atoms with Crippen molar-refractivity contribution in [3.05, 3.63) is 61.7 Å². The van der Waals surface area contributed by atoms with Crippen LogP contribution >= 0.6 is 15.9 Å². The molecule has 1 aliphatic heterocycles. The number of carbonyl (C=O) groups is 2. The highest BCUT2D eigenvalue weighted by Crippen LogP contribution is 2.38. The molecule has 1 heterocycles. The summed E-state index contributed by atoms with van der Waals surface area (Å²) in [5.41, 5.74) is 0.444. The number of nitro benzene ring substituents is 1. The number of cyclic esters (lactones) is 1. The van der Waals surface area contributed by atoms with E-state index in [2.05, 4.69) is 20.9 Å². The third-order valence-electron chi connectivity index (χ3n) is 4.04. The molecular formula is C20H15BrN2O8.